The molecule has 1 saturated heterocycles. The fourth-order valence-corrected chi connectivity index (χ4v) is 4.09. The second-order valence-corrected chi connectivity index (χ2v) is 7.33. The number of hydrogen-bond acceptors (Lipinski definition) is 3. The zero-order valence-corrected chi connectivity index (χ0v) is 15.9. The lowest BCUT2D eigenvalue weighted by molar-refractivity contribution is 0.0589. The van der Waals surface area contributed by atoms with Crippen molar-refractivity contribution in [3.05, 3.63) is 59.2 Å². The molecular weight excluding hydrogens is 338 g/mol. The molecule has 1 atom stereocenters. The van der Waals surface area contributed by atoms with Crippen LogP contribution in [0.5, 0.6) is 0 Å². The van der Waals surface area contributed by atoms with Gasteiger partial charge < -0.3 is 15.1 Å². The Bertz CT molecular complexity index is 893. The topological polar surface area (TPSA) is 52.7 Å². The van der Waals surface area contributed by atoms with Gasteiger partial charge in [0.15, 0.2) is 0 Å². The summed E-state index contributed by atoms with van der Waals surface area (Å²) in [4.78, 5) is 29.7. The predicted molar refractivity (Wildman–Crippen MR) is 107 cm³/mol. The van der Waals surface area contributed by atoms with Gasteiger partial charge in [0.2, 0.25) is 0 Å². The van der Waals surface area contributed by atoms with Gasteiger partial charge in [-0.25, -0.2) is 0 Å². The summed E-state index contributed by atoms with van der Waals surface area (Å²) in [5, 5.41) is 2.97. The average molecular weight is 363 g/mol. The van der Waals surface area contributed by atoms with Gasteiger partial charge in [0.05, 0.1) is 11.3 Å². The van der Waals surface area contributed by atoms with Gasteiger partial charge in [-0.05, 0) is 61.6 Å². The third kappa shape index (κ3) is 3.18. The maximum atomic E-state index is 12.8. The van der Waals surface area contributed by atoms with Crippen LogP contribution >= 0.6 is 0 Å². The van der Waals surface area contributed by atoms with Gasteiger partial charge in [-0.2, -0.15) is 0 Å². The maximum absolute atomic E-state index is 12.8. The zero-order chi connectivity index (χ0) is 19.0. The van der Waals surface area contributed by atoms with E-state index in [-0.39, 0.29) is 18.0 Å². The lowest BCUT2D eigenvalue weighted by Crippen LogP contribution is -2.55. The van der Waals surface area contributed by atoms with Crippen molar-refractivity contribution in [2.75, 3.05) is 23.8 Å². The van der Waals surface area contributed by atoms with E-state index < -0.39 is 0 Å². The minimum absolute atomic E-state index is 0.0791. The number of carbonyl (C=O) groups excluding carboxylic acids is 2. The summed E-state index contributed by atoms with van der Waals surface area (Å²) in [5.41, 5.74) is 4.07. The number of amides is 2. The van der Waals surface area contributed by atoms with Gasteiger partial charge >= 0.3 is 0 Å². The smallest absolute Gasteiger partial charge is 0.257 e. The second kappa shape index (κ2) is 7.06. The van der Waals surface area contributed by atoms with Gasteiger partial charge in [-0.15, -0.1) is 0 Å². The highest BCUT2D eigenvalue weighted by Crippen LogP contribution is 2.34. The van der Waals surface area contributed by atoms with Gasteiger partial charge in [-0.1, -0.05) is 19.1 Å². The molecule has 2 aliphatic heterocycles. The highest BCUT2D eigenvalue weighted by Gasteiger charge is 2.37. The molecule has 0 aliphatic carbocycles. The first-order valence-electron chi connectivity index (χ1n) is 9.66. The number of aryl methyl sites for hydroxylation is 1. The fraction of sp³-hybridized carbons (Fsp3) is 0.364. The zero-order valence-electron chi connectivity index (χ0n) is 15.9. The molecule has 0 radical (unpaired) electrons. The summed E-state index contributed by atoms with van der Waals surface area (Å²) in [6.07, 6.45) is 4.18. The summed E-state index contributed by atoms with van der Waals surface area (Å²) < 4.78 is 0. The van der Waals surface area contributed by atoms with Crippen LogP contribution in [0.3, 0.4) is 0 Å². The summed E-state index contributed by atoms with van der Waals surface area (Å²) in [7, 11) is 2.01. The maximum Gasteiger partial charge on any atom is 0.257 e. The number of benzene rings is 2. The highest BCUT2D eigenvalue weighted by molar-refractivity contribution is 6.08. The molecule has 2 amide bonds. The molecule has 0 aromatic heterocycles. The van der Waals surface area contributed by atoms with Gasteiger partial charge in [0.25, 0.3) is 11.8 Å². The largest absolute Gasteiger partial charge is 0.354 e. The van der Waals surface area contributed by atoms with Crippen molar-refractivity contribution in [2.45, 2.75) is 38.8 Å². The van der Waals surface area contributed by atoms with Crippen LogP contribution in [-0.2, 0) is 6.42 Å². The molecule has 1 fully saturated rings. The first-order chi connectivity index (χ1) is 13.1. The molecule has 27 heavy (non-hydrogen) atoms. The van der Waals surface area contributed by atoms with Gasteiger partial charge in [0.1, 0.15) is 6.17 Å². The Kier molecular flexibility index (Phi) is 4.60. The Morgan fingerprint density at radius 2 is 2.04 bits per heavy atom. The Labute approximate surface area is 160 Å². The molecular formula is C22H25N3O2. The van der Waals surface area contributed by atoms with E-state index in [1.54, 1.807) is 12.1 Å². The van der Waals surface area contributed by atoms with Crippen molar-refractivity contribution in [3.8, 4) is 0 Å². The third-order valence-electron chi connectivity index (χ3n) is 5.64. The molecule has 1 N–H and O–H groups in total. The molecule has 0 spiro atoms. The molecule has 2 aromatic carbocycles. The van der Waals surface area contributed by atoms with E-state index >= 15 is 0 Å². The van der Waals surface area contributed by atoms with Crippen LogP contribution in [0.15, 0.2) is 42.5 Å². The highest BCUT2D eigenvalue weighted by atomic mass is 16.2. The van der Waals surface area contributed by atoms with Crippen LogP contribution in [0, 0.1) is 0 Å². The monoisotopic (exact) mass is 363 g/mol. The van der Waals surface area contributed by atoms with Crippen LogP contribution in [0.2, 0.25) is 0 Å². The summed E-state index contributed by atoms with van der Waals surface area (Å²) in [6.45, 7) is 2.90. The minimum atomic E-state index is -0.155. The molecule has 140 valence electrons. The first-order valence-corrected chi connectivity index (χ1v) is 9.66. The number of rotatable bonds is 3. The Balaban J connectivity index is 1.61. The normalized spacial score (nSPS) is 18.7. The van der Waals surface area contributed by atoms with Crippen LogP contribution in [0.25, 0.3) is 0 Å². The van der Waals surface area contributed by atoms with Crippen LogP contribution < -0.4 is 10.2 Å². The SMILES string of the molecule is CCc1cccc(NC(=O)c2ccc3c(c2)N(C)[C@@H]2CCCCN2C3=O)c1. The number of piperidine rings is 1. The van der Waals surface area contributed by atoms with Crippen molar-refractivity contribution < 1.29 is 9.59 Å². The molecule has 4 rings (SSSR count). The lowest BCUT2D eigenvalue weighted by Gasteiger charge is -2.46. The quantitative estimate of drug-likeness (QED) is 0.900. The minimum Gasteiger partial charge on any atom is -0.354 e. The molecule has 0 bridgehead atoms. The molecule has 5 heteroatoms. The van der Waals surface area contributed by atoms with Crippen LogP contribution in [0.4, 0.5) is 11.4 Å². The molecule has 2 aromatic rings. The predicted octanol–water partition coefficient (Wildman–Crippen LogP) is 3.90. The Morgan fingerprint density at radius 1 is 1.19 bits per heavy atom. The standard InChI is InChI=1S/C22H25N3O2/c1-3-15-7-6-8-17(13-15)23-21(26)16-10-11-18-19(14-16)24(2)20-9-4-5-12-25(20)22(18)27/h6-8,10-11,13-14,20H,3-5,9,12H2,1-2H3,(H,23,26)/t20-/m0/s1. The summed E-state index contributed by atoms with van der Waals surface area (Å²) >= 11 is 0. The van der Waals surface area contributed by atoms with E-state index in [0.29, 0.717) is 11.1 Å². The average Bonchev–Trinajstić information content (AvgIpc) is 2.71. The van der Waals surface area contributed by atoms with Crippen molar-refractivity contribution in [2.24, 2.45) is 0 Å². The lowest BCUT2D eigenvalue weighted by atomic mass is 9.97. The summed E-state index contributed by atoms with van der Waals surface area (Å²) in [5.74, 6) is -0.0756. The fourth-order valence-electron chi connectivity index (χ4n) is 4.09. The molecule has 0 saturated carbocycles. The third-order valence-corrected chi connectivity index (χ3v) is 5.64. The summed E-state index contributed by atoms with van der Waals surface area (Å²) in [6, 6.07) is 13.3. The van der Waals surface area contributed by atoms with Crippen molar-refractivity contribution in [1.29, 1.82) is 0 Å². The molecule has 0 unspecified atom stereocenters. The number of fused-ring (bicyclic) bond motifs is 2. The molecule has 2 aliphatic rings. The van der Waals surface area contributed by atoms with Crippen molar-refractivity contribution in [3.63, 3.8) is 0 Å². The first kappa shape index (κ1) is 17.6. The number of hydrogen-bond donors (Lipinski definition) is 1. The molecule has 5 nitrogen and oxygen atoms in total. The van der Waals surface area contributed by atoms with E-state index in [2.05, 4.69) is 17.1 Å². The van der Waals surface area contributed by atoms with Crippen LogP contribution in [-0.4, -0.2) is 36.5 Å². The second-order valence-electron chi connectivity index (χ2n) is 7.33. The van der Waals surface area contributed by atoms with E-state index in [4.69, 9.17) is 0 Å². The number of carbonyl (C=O) groups is 2. The number of nitrogens with zero attached hydrogens (tertiary/aromatic N) is 2. The Hall–Kier alpha value is -2.82. The Morgan fingerprint density at radius 3 is 2.85 bits per heavy atom. The van der Waals surface area contributed by atoms with Crippen molar-refractivity contribution in [1.82, 2.24) is 4.90 Å². The van der Waals surface area contributed by atoms with E-state index in [0.717, 1.165) is 43.6 Å². The van der Waals surface area contributed by atoms with Crippen molar-refractivity contribution >= 4 is 23.2 Å². The van der Waals surface area contributed by atoms with Crippen LogP contribution in [0.1, 0.15) is 52.5 Å². The van der Waals surface area contributed by atoms with Gasteiger partial charge in [-0.3, -0.25) is 9.59 Å². The number of anilines is 2. The van der Waals surface area contributed by atoms with Gasteiger partial charge in [0, 0.05) is 24.8 Å². The number of nitrogens with one attached hydrogen (secondary N) is 1. The van der Waals surface area contributed by atoms with E-state index in [9.17, 15) is 9.59 Å². The molecule has 2 heterocycles. The van der Waals surface area contributed by atoms with E-state index in [1.165, 1.54) is 5.56 Å². The van der Waals surface area contributed by atoms with E-state index in [1.807, 2.05) is 42.3 Å².